The minimum Gasteiger partial charge on any atom is -0.376 e. The van der Waals surface area contributed by atoms with Gasteiger partial charge in [-0.3, -0.25) is 4.99 Å². The third kappa shape index (κ3) is 5.45. The predicted octanol–water partition coefficient (Wildman–Crippen LogP) is 4.35. The Morgan fingerprint density at radius 2 is 2.13 bits per heavy atom. The van der Waals surface area contributed by atoms with Crippen LogP contribution in [0.5, 0.6) is 0 Å². The summed E-state index contributed by atoms with van der Waals surface area (Å²) in [6.45, 7) is 6.18. The lowest BCUT2D eigenvalue weighted by Gasteiger charge is -2.35. The van der Waals surface area contributed by atoms with Gasteiger partial charge in [0, 0.05) is 48.8 Å². The normalized spacial score (nSPS) is 27.9. The SMILES string of the molecule is CCN=C(NC1CC1c1c(F)cccc1Cl)N1CCC(OCC2CCCCO2)CC1. The molecule has 3 aliphatic rings. The zero-order valence-electron chi connectivity index (χ0n) is 17.8. The molecule has 1 aliphatic carbocycles. The number of rotatable bonds is 6. The molecule has 5 nitrogen and oxygen atoms in total. The van der Waals surface area contributed by atoms with Crippen LogP contribution in [0.1, 0.15) is 56.9 Å². The molecule has 3 atom stereocenters. The van der Waals surface area contributed by atoms with E-state index in [-0.39, 0.29) is 23.9 Å². The Hall–Kier alpha value is -1.37. The van der Waals surface area contributed by atoms with Crippen molar-refractivity contribution in [1.29, 1.82) is 0 Å². The zero-order chi connectivity index (χ0) is 20.9. The first-order valence-corrected chi connectivity index (χ1v) is 11.8. The number of aliphatic imine (C=N–C) groups is 1. The molecule has 30 heavy (non-hydrogen) atoms. The van der Waals surface area contributed by atoms with Gasteiger partial charge in [0.1, 0.15) is 5.82 Å². The maximum atomic E-state index is 14.2. The summed E-state index contributed by atoms with van der Waals surface area (Å²) < 4.78 is 26.1. The smallest absolute Gasteiger partial charge is 0.194 e. The second kappa shape index (κ2) is 10.3. The van der Waals surface area contributed by atoms with Crippen molar-refractivity contribution in [2.75, 3.05) is 32.8 Å². The number of nitrogens with one attached hydrogen (secondary N) is 1. The van der Waals surface area contributed by atoms with Crippen molar-refractivity contribution in [2.45, 2.75) is 69.6 Å². The Labute approximate surface area is 184 Å². The molecule has 1 saturated carbocycles. The lowest BCUT2D eigenvalue weighted by atomic mass is 10.1. The van der Waals surface area contributed by atoms with Gasteiger partial charge >= 0.3 is 0 Å². The van der Waals surface area contributed by atoms with E-state index >= 15 is 0 Å². The third-order valence-electron chi connectivity index (χ3n) is 6.32. The van der Waals surface area contributed by atoms with Gasteiger partial charge in [-0.1, -0.05) is 17.7 Å². The molecule has 166 valence electrons. The number of ether oxygens (including phenoxy) is 2. The van der Waals surface area contributed by atoms with Crippen LogP contribution >= 0.6 is 11.6 Å². The van der Waals surface area contributed by atoms with Crippen molar-refractivity contribution in [3.8, 4) is 0 Å². The number of nitrogens with zero attached hydrogens (tertiary/aromatic N) is 2. The minimum atomic E-state index is -0.217. The van der Waals surface area contributed by atoms with E-state index < -0.39 is 0 Å². The number of benzene rings is 1. The second-order valence-electron chi connectivity index (χ2n) is 8.53. The standard InChI is InChI=1S/C23H33ClFN3O2/c1-2-26-23(27-21-14-18(21)22-19(24)7-5-8-20(22)25)28-11-9-16(10-12-28)30-15-17-6-3-4-13-29-17/h5,7-8,16-18,21H,2-4,6,9-15H2,1H3,(H,26,27). The van der Waals surface area contributed by atoms with Crippen LogP contribution in [-0.2, 0) is 9.47 Å². The van der Waals surface area contributed by atoms with E-state index in [4.69, 9.17) is 21.1 Å². The van der Waals surface area contributed by atoms with Gasteiger partial charge in [-0.2, -0.15) is 0 Å². The molecule has 3 unspecified atom stereocenters. The Kier molecular flexibility index (Phi) is 7.50. The summed E-state index contributed by atoms with van der Waals surface area (Å²) in [6.07, 6.45) is 6.96. The van der Waals surface area contributed by atoms with Crippen molar-refractivity contribution < 1.29 is 13.9 Å². The topological polar surface area (TPSA) is 46.1 Å². The molecule has 3 fully saturated rings. The summed E-state index contributed by atoms with van der Waals surface area (Å²) in [5, 5.41) is 4.07. The Morgan fingerprint density at radius 3 is 2.83 bits per heavy atom. The molecule has 0 amide bonds. The second-order valence-corrected chi connectivity index (χ2v) is 8.94. The molecular formula is C23H33ClFN3O2. The fourth-order valence-corrected chi connectivity index (χ4v) is 4.81. The fourth-order valence-electron chi connectivity index (χ4n) is 4.51. The third-order valence-corrected chi connectivity index (χ3v) is 6.65. The maximum absolute atomic E-state index is 14.2. The largest absolute Gasteiger partial charge is 0.376 e. The monoisotopic (exact) mass is 437 g/mol. The van der Waals surface area contributed by atoms with Crippen LogP contribution in [-0.4, -0.2) is 62.0 Å². The van der Waals surface area contributed by atoms with Crippen molar-refractivity contribution in [3.05, 3.63) is 34.6 Å². The Balaban J connectivity index is 1.26. The number of piperidine rings is 1. The minimum absolute atomic E-state index is 0.108. The number of guanidine groups is 1. The van der Waals surface area contributed by atoms with Gasteiger partial charge in [0.2, 0.25) is 0 Å². The van der Waals surface area contributed by atoms with Crippen molar-refractivity contribution >= 4 is 17.6 Å². The molecule has 7 heteroatoms. The van der Waals surface area contributed by atoms with Crippen molar-refractivity contribution in [1.82, 2.24) is 10.2 Å². The van der Waals surface area contributed by atoms with E-state index in [9.17, 15) is 4.39 Å². The van der Waals surface area contributed by atoms with E-state index in [1.165, 1.54) is 18.9 Å². The van der Waals surface area contributed by atoms with Crippen LogP contribution < -0.4 is 5.32 Å². The summed E-state index contributed by atoms with van der Waals surface area (Å²) in [6, 6.07) is 5.09. The van der Waals surface area contributed by atoms with Gasteiger partial charge in [0.25, 0.3) is 0 Å². The average molecular weight is 438 g/mol. The van der Waals surface area contributed by atoms with Crippen LogP contribution in [0.3, 0.4) is 0 Å². The summed E-state index contributed by atoms with van der Waals surface area (Å²) in [5.41, 5.74) is 0.629. The Morgan fingerprint density at radius 1 is 1.30 bits per heavy atom. The molecular weight excluding hydrogens is 405 g/mol. The number of hydrogen-bond donors (Lipinski definition) is 1. The van der Waals surface area contributed by atoms with Crippen molar-refractivity contribution in [2.24, 2.45) is 4.99 Å². The van der Waals surface area contributed by atoms with Gasteiger partial charge in [-0.25, -0.2) is 4.39 Å². The van der Waals surface area contributed by atoms with Crippen molar-refractivity contribution in [3.63, 3.8) is 0 Å². The van der Waals surface area contributed by atoms with Gasteiger partial charge in [0.15, 0.2) is 5.96 Å². The van der Waals surface area contributed by atoms with Crippen LogP contribution in [0.2, 0.25) is 5.02 Å². The van der Waals surface area contributed by atoms with Gasteiger partial charge < -0.3 is 19.7 Å². The molecule has 1 aromatic rings. The summed E-state index contributed by atoms with van der Waals surface area (Å²) >= 11 is 6.25. The van der Waals surface area contributed by atoms with Gasteiger partial charge in [-0.15, -0.1) is 0 Å². The molecule has 0 radical (unpaired) electrons. The quantitative estimate of drug-likeness (QED) is 0.531. The molecule has 2 saturated heterocycles. The van der Waals surface area contributed by atoms with Crippen LogP contribution in [0.4, 0.5) is 4.39 Å². The highest BCUT2D eigenvalue weighted by Crippen LogP contribution is 2.45. The molecule has 2 aliphatic heterocycles. The fraction of sp³-hybridized carbons (Fsp3) is 0.696. The first-order chi connectivity index (χ1) is 14.7. The van der Waals surface area contributed by atoms with E-state index in [1.54, 1.807) is 12.1 Å². The highest BCUT2D eigenvalue weighted by Gasteiger charge is 2.42. The molecule has 1 N–H and O–H groups in total. The number of halogens is 2. The van der Waals surface area contributed by atoms with Gasteiger partial charge in [-0.05, 0) is 57.6 Å². The molecule has 0 bridgehead atoms. The highest BCUT2D eigenvalue weighted by atomic mass is 35.5. The number of hydrogen-bond acceptors (Lipinski definition) is 3. The molecule has 2 heterocycles. The van der Waals surface area contributed by atoms with E-state index in [0.717, 1.165) is 57.9 Å². The summed E-state index contributed by atoms with van der Waals surface area (Å²) in [7, 11) is 0. The van der Waals surface area contributed by atoms with Crippen LogP contribution in [0.25, 0.3) is 0 Å². The van der Waals surface area contributed by atoms with Crippen LogP contribution in [0, 0.1) is 5.82 Å². The lowest BCUT2D eigenvalue weighted by molar-refractivity contribution is -0.0721. The van der Waals surface area contributed by atoms with Gasteiger partial charge in [0.05, 0.1) is 18.8 Å². The molecule has 1 aromatic carbocycles. The Bertz CT molecular complexity index is 713. The molecule has 0 spiro atoms. The molecule has 4 rings (SSSR count). The summed E-state index contributed by atoms with van der Waals surface area (Å²) in [5.74, 6) is 0.814. The average Bonchev–Trinajstić information content (AvgIpc) is 3.51. The zero-order valence-corrected chi connectivity index (χ0v) is 18.5. The first-order valence-electron chi connectivity index (χ1n) is 11.4. The van der Waals surface area contributed by atoms with Crippen LogP contribution in [0.15, 0.2) is 23.2 Å². The maximum Gasteiger partial charge on any atom is 0.194 e. The summed E-state index contributed by atoms with van der Waals surface area (Å²) in [4.78, 5) is 6.99. The number of likely N-dealkylation sites (tertiary alicyclic amines) is 1. The van der Waals surface area contributed by atoms with E-state index in [1.807, 2.05) is 6.92 Å². The molecule has 0 aromatic heterocycles. The lowest BCUT2D eigenvalue weighted by Crippen LogP contribution is -2.48. The predicted molar refractivity (Wildman–Crippen MR) is 118 cm³/mol. The first kappa shape index (κ1) is 21.8. The highest BCUT2D eigenvalue weighted by molar-refractivity contribution is 6.31. The van der Waals surface area contributed by atoms with E-state index in [0.29, 0.717) is 23.3 Å². The van der Waals surface area contributed by atoms with E-state index in [2.05, 4.69) is 15.2 Å².